The molecule has 0 amide bonds. The van der Waals surface area contributed by atoms with E-state index in [9.17, 15) is 4.79 Å². The Balaban J connectivity index is 2.95. The molecule has 1 aromatic rings. The summed E-state index contributed by atoms with van der Waals surface area (Å²) in [5.41, 5.74) is 0.764. The van der Waals surface area contributed by atoms with Gasteiger partial charge in [0.2, 0.25) is 0 Å². The third-order valence-corrected chi connectivity index (χ3v) is 1.66. The van der Waals surface area contributed by atoms with Crippen LogP contribution in [-0.4, -0.2) is 11.1 Å². The fraction of sp³-hybridized carbons (Fsp3) is 0.100. The van der Waals surface area contributed by atoms with Gasteiger partial charge < -0.3 is 5.11 Å². The molecule has 0 saturated heterocycles. The minimum atomic E-state index is -0.865. The van der Waals surface area contributed by atoms with Gasteiger partial charge in [-0.15, -0.1) is 6.58 Å². The first-order valence-corrected chi connectivity index (χ1v) is 3.66. The Kier molecular flexibility index (Phi) is 2.64. The van der Waals surface area contributed by atoms with Crippen molar-refractivity contribution in [3.8, 4) is 0 Å². The minimum absolute atomic E-state index is 0.591. The van der Waals surface area contributed by atoms with Crippen LogP contribution in [0.1, 0.15) is 11.5 Å². The Morgan fingerprint density at radius 2 is 2.00 bits per heavy atom. The Labute approximate surface area is 71.2 Å². The molecule has 1 atom stereocenters. The monoisotopic (exact) mass is 162 g/mol. The van der Waals surface area contributed by atoms with Gasteiger partial charge >= 0.3 is 5.97 Å². The van der Waals surface area contributed by atoms with Crippen molar-refractivity contribution in [1.82, 2.24) is 0 Å². The van der Waals surface area contributed by atoms with E-state index in [1.807, 2.05) is 18.2 Å². The zero-order valence-electron chi connectivity index (χ0n) is 6.60. The number of hydrogen-bond donors (Lipinski definition) is 1. The van der Waals surface area contributed by atoms with Gasteiger partial charge in [-0.25, -0.2) is 0 Å². The molecule has 1 rings (SSSR count). The number of aliphatic carboxylic acids is 1. The van der Waals surface area contributed by atoms with Crippen molar-refractivity contribution in [2.24, 2.45) is 0 Å². The molecule has 1 aromatic carbocycles. The molecule has 0 aliphatic rings. The van der Waals surface area contributed by atoms with Crippen LogP contribution < -0.4 is 0 Å². The van der Waals surface area contributed by atoms with Gasteiger partial charge in [0.05, 0.1) is 5.92 Å². The van der Waals surface area contributed by atoms with E-state index in [0.717, 1.165) is 5.56 Å². The van der Waals surface area contributed by atoms with Gasteiger partial charge in [0, 0.05) is 0 Å². The second-order valence-corrected chi connectivity index (χ2v) is 2.46. The van der Waals surface area contributed by atoms with Gasteiger partial charge in [-0.3, -0.25) is 4.79 Å². The average molecular weight is 162 g/mol. The number of benzene rings is 1. The molecule has 0 fully saturated rings. The molecule has 0 aromatic heterocycles. The van der Waals surface area contributed by atoms with E-state index in [2.05, 4.69) is 6.58 Å². The van der Waals surface area contributed by atoms with Gasteiger partial charge in [-0.05, 0) is 5.56 Å². The fourth-order valence-corrected chi connectivity index (χ4v) is 1.04. The predicted molar refractivity (Wildman–Crippen MR) is 47.0 cm³/mol. The van der Waals surface area contributed by atoms with Crippen LogP contribution >= 0.6 is 0 Å². The molecule has 0 saturated carbocycles. The summed E-state index contributed by atoms with van der Waals surface area (Å²) < 4.78 is 0. The van der Waals surface area contributed by atoms with Crippen LogP contribution in [0.5, 0.6) is 0 Å². The third kappa shape index (κ3) is 1.72. The van der Waals surface area contributed by atoms with Crippen molar-refractivity contribution in [3.63, 3.8) is 0 Å². The molecular weight excluding hydrogens is 152 g/mol. The van der Waals surface area contributed by atoms with Crippen LogP contribution in [0, 0.1) is 0 Å². The van der Waals surface area contributed by atoms with Crippen molar-refractivity contribution in [2.75, 3.05) is 0 Å². The fourth-order valence-electron chi connectivity index (χ4n) is 1.04. The second kappa shape index (κ2) is 3.72. The number of carboxylic acid groups (broad SMARTS) is 1. The Morgan fingerprint density at radius 3 is 2.42 bits per heavy atom. The standard InChI is InChI=1S/C10H10O2/c1-2-9(10(11)12)8-6-4-3-5-7-8/h2-7,9H,1H2,(H,11,12). The lowest BCUT2D eigenvalue weighted by atomic mass is 10.00. The zero-order chi connectivity index (χ0) is 8.97. The Bertz CT molecular complexity index is 277. The van der Waals surface area contributed by atoms with Crippen LogP contribution in [0.4, 0.5) is 0 Å². The van der Waals surface area contributed by atoms with Gasteiger partial charge in [0.25, 0.3) is 0 Å². The van der Waals surface area contributed by atoms with E-state index >= 15 is 0 Å². The highest BCUT2D eigenvalue weighted by Gasteiger charge is 2.14. The Hall–Kier alpha value is -1.57. The predicted octanol–water partition coefficient (Wildman–Crippen LogP) is 2.04. The maximum atomic E-state index is 10.7. The van der Waals surface area contributed by atoms with Crippen molar-refractivity contribution < 1.29 is 9.90 Å². The van der Waals surface area contributed by atoms with Crippen LogP contribution in [-0.2, 0) is 4.79 Å². The van der Waals surface area contributed by atoms with Crippen molar-refractivity contribution in [2.45, 2.75) is 5.92 Å². The summed E-state index contributed by atoms with van der Waals surface area (Å²) in [5, 5.41) is 8.76. The topological polar surface area (TPSA) is 37.3 Å². The summed E-state index contributed by atoms with van der Waals surface area (Å²) in [6, 6.07) is 9.04. The first-order chi connectivity index (χ1) is 5.75. The molecule has 0 spiro atoms. The lowest BCUT2D eigenvalue weighted by Crippen LogP contribution is -2.07. The number of carbonyl (C=O) groups is 1. The van der Waals surface area contributed by atoms with Crippen molar-refractivity contribution >= 4 is 5.97 Å². The van der Waals surface area contributed by atoms with E-state index in [1.165, 1.54) is 6.08 Å². The molecule has 0 bridgehead atoms. The smallest absolute Gasteiger partial charge is 0.314 e. The minimum Gasteiger partial charge on any atom is -0.481 e. The molecule has 0 aliphatic heterocycles. The highest BCUT2D eigenvalue weighted by molar-refractivity contribution is 5.78. The van der Waals surface area contributed by atoms with Crippen molar-refractivity contribution in [1.29, 1.82) is 0 Å². The molecule has 2 nitrogen and oxygen atoms in total. The highest BCUT2D eigenvalue weighted by atomic mass is 16.4. The van der Waals surface area contributed by atoms with Gasteiger partial charge in [-0.1, -0.05) is 36.4 Å². The quantitative estimate of drug-likeness (QED) is 0.690. The molecule has 1 N–H and O–H groups in total. The number of carboxylic acids is 1. The normalized spacial score (nSPS) is 12.0. The summed E-state index contributed by atoms with van der Waals surface area (Å²) in [4.78, 5) is 10.7. The SMILES string of the molecule is C=CC(C(=O)O)c1ccccc1. The first kappa shape index (κ1) is 8.53. The summed E-state index contributed by atoms with van der Waals surface area (Å²) in [6.45, 7) is 3.48. The highest BCUT2D eigenvalue weighted by Crippen LogP contribution is 2.15. The van der Waals surface area contributed by atoms with E-state index < -0.39 is 11.9 Å². The Morgan fingerprint density at radius 1 is 1.42 bits per heavy atom. The number of rotatable bonds is 3. The third-order valence-electron chi connectivity index (χ3n) is 1.66. The molecule has 1 unspecified atom stereocenters. The van der Waals surface area contributed by atoms with Gasteiger partial charge in [0.15, 0.2) is 0 Å². The molecule has 12 heavy (non-hydrogen) atoms. The molecular formula is C10H10O2. The first-order valence-electron chi connectivity index (χ1n) is 3.66. The summed E-state index contributed by atoms with van der Waals surface area (Å²) >= 11 is 0. The molecule has 0 aliphatic carbocycles. The number of hydrogen-bond acceptors (Lipinski definition) is 1. The van der Waals surface area contributed by atoms with Gasteiger partial charge in [0.1, 0.15) is 0 Å². The summed E-state index contributed by atoms with van der Waals surface area (Å²) in [6.07, 6.45) is 1.43. The lowest BCUT2D eigenvalue weighted by Gasteiger charge is -2.05. The average Bonchev–Trinajstić information content (AvgIpc) is 2.07. The molecule has 0 radical (unpaired) electrons. The maximum Gasteiger partial charge on any atom is 0.314 e. The van der Waals surface area contributed by atoms with E-state index in [0.29, 0.717) is 0 Å². The van der Waals surface area contributed by atoms with E-state index in [1.54, 1.807) is 12.1 Å². The van der Waals surface area contributed by atoms with Crippen LogP contribution in [0.2, 0.25) is 0 Å². The van der Waals surface area contributed by atoms with E-state index in [4.69, 9.17) is 5.11 Å². The van der Waals surface area contributed by atoms with E-state index in [-0.39, 0.29) is 0 Å². The van der Waals surface area contributed by atoms with Crippen LogP contribution in [0.15, 0.2) is 43.0 Å². The van der Waals surface area contributed by atoms with Crippen LogP contribution in [0.3, 0.4) is 0 Å². The lowest BCUT2D eigenvalue weighted by molar-refractivity contribution is -0.137. The second-order valence-electron chi connectivity index (χ2n) is 2.46. The molecule has 62 valence electrons. The van der Waals surface area contributed by atoms with Gasteiger partial charge in [-0.2, -0.15) is 0 Å². The van der Waals surface area contributed by atoms with Crippen molar-refractivity contribution in [3.05, 3.63) is 48.6 Å². The summed E-state index contributed by atoms with van der Waals surface area (Å²) in [7, 11) is 0. The summed E-state index contributed by atoms with van der Waals surface area (Å²) in [5.74, 6) is -1.46. The molecule has 0 heterocycles. The van der Waals surface area contributed by atoms with Crippen LogP contribution in [0.25, 0.3) is 0 Å². The maximum absolute atomic E-state index is 10.7. The molecule has 2 heteroatoms. The largest absolute Gasteiger partial charge is 0.481 e. The zero-order valence-corrected chi connectivity index (χ0v) is 6.60.